The monoisotopic (exact) mass is 216 g/mol. The molecule has 1 amide bonds. The normalized spacial score (nSPS) is 25.7. The maximum absolute atomic E-state index is 11.5. The first-order chi connectivity index (χ1) is 6.18. The van der Waals surface area contributed by atoms with Gasteiger partial charge in [0, 0.05) is 6.04 Å². The first kappa shape index (κ1) is 8.97. The second-order valence-corrected chi connectivity index (χ2v) is 4.48. The van der Waals surface area contributed by atoms with E-state index in [2.05, 4.69) is 17.2 Å². The van der Waals surface area contributed by atoms with Crippen LogP contribution < -0.4 is 5.32 Å². The number of carbonyl (C=O) groups excluding carboxylic acids is 1. The van der Waals surface area contributed by atoms with Gasteiger partial charge in [0.15, 0.2) is 5.15 Å². The lowest BCUT2D eigenvalue weighted by molar-refractivity contribution is 0.0953. The van der Waals surface area contributed by atoms with E-state index in [-0.39, 0.29) is 5.91 Å². The van der Waals surface area contributed by atoms with Gasteiger partial charge < -0.3 is 5.32 Å². The molecule has 2 rings (SSSR count). The van der Waals surface area contributed by atoms with Gasteiger partial charge in [0.25, 0.3) is 5.91 Å². The Bertz CT molecular complexity index is 339. The van der Waals surface area contributed by atoms with Gasteiger partial charge in [0.05, 0.1) is 5.51 Å². The minimum Gasteiger partial charge on any atom is -0.348 e. The van der Waals surface area contributed by atoms with Crippen molar-refractivity contribution in [1.29, 1.82) is 0 Å². The van der Waals surface area contributed by atoms with Crippen molar-refractivity contribution in [3.8, 4) is 0 Å². The van der Waals surface area contributed by atoms with Crippen LogP contribution in [0.3, 0.4) is 0 Å². The van der Waals surface area contributed by atoms with E-state index in [0.29, 0.717) is 22.0 Å². The number of hydrogen-bond donors (Lipinski definition) is 1. The summed E-state index contributed by atoms with van der Waals surface area (Å²) in [6, 6.07) is 0.339. The molecule has 3 nitrogen and oxygen atoms in total. The summed E-state index contributed by atoms with van der Waals surface area (Å²) in [6.45, 7) is 2.11. The fraction of sp³-hybridized carbons (Fsp3) is 0.500. The van der Waals surface area contributed by atoms with Crippen LogP contribution in [-0.2, 0) is 0 Å². The van der Waals surface area contributed by atoms with Gasteiger partial charge in [0.2, 0.25) is 0 Å². The summed E-state index contributed by atoms with van der Waals surface area (Å²) < 4.78 is 0. The van der Waals surface area contributed by atoms with Crippen LogP contribution in [0.1, 0.15) is 23.0 Å². The van der Waals surface area contributed by atoms with E-state index in [1.54, 1.807) is 5.51 Å². The molecule has 1 heterocycles. The molecule has 5 heteroatoms. The van der Waals surface area contributed by atoms with Crippen molar-refractivity contribution < 1.29 is 4.79 Å². The zero-order chi connectivity index (χ0) is 9.42. The third-order valence-corrected chi connectivity index (χ3v) is 3.38. The summed E-state index contributed by atoms with van der Waals surface area (Å²) in [4.78, 5) is 15.8. The Kier molecular flexibility index (Phi) is 2.26. The molecule has 1 aromatic heterocycles. The molecular formula is C8H9ClN2OS. The van der Waals surface area contributed by atoms with Crippen molar-refractivity contribution in [2.45, 2.75) is 19.4 Å². The van der Waals surface area contributed by atoms with E-state index in [9.17, 15) is 4.79 Å². The number of carbonyl (C=O) groups is 1. The number of rotatable bonds is 2. The molecule has 1 aliphatic carbocycles. The Morgan fingerprint density at radius 2 is 2.54 bits per heavy atom. The predicted molar refractivity (Wildman–Crippen MR) is 52.2 cm³/mol. The van der Waals surface area contributed by atoms with Gasteiger partial charge in [-0.3, -0.25) is 4.79 Å². The molecule has 0 radical (unpaired) electrons. The van der Waals surface area contributed by atoms with E-state index in [0.717, 1.165) is 6.42 Å². The van der Waals surface area contributed by atoms with Crippen LogP contribution in [0.2, 0.25) is 5.15 Å². The van der Waals surface area contributed by atoms with Crippen LogP contribution in [0.25, 0.3) is 0 Å². The Morgan fingerprint density at radius 1 is 1.85 bits per heavy atom. The zero-order valence-electron chi connectivity index (χ0n) is 7.08. The summed E-state index contributed by atoms with van der Waals surface area (Å²) in [5.41, 5.74) is 1.58. The number of halogens is 1. The van der Waals surface area contributed by atoms with Crippen molar-refractivity contribution in [2.75, 3.05) is 0 Å². The van der Waals surface area contributed by atoms with Crippen LogP contribution in [0.5, 0.6) is 0 Å². The Morgan fingerprint density at radius 3 is 3.00 bits per heavy atom. The highest BCUT2D eigenvalue weighted by atomic mass is 35.5. The minimum atomic E-state index is -0.0955. The van der Waals surface area contributed by atoms with Gasteiger partial charge in [0.1, 0.15) is 4.88 Å². The molecule has 0 bridgehead atoms. The highest BCUT2D eigenvalue weighted by Crippen LogP contribution is 2.30. The molecule has 13 heavy (non-hydrogen) atoms. The third-order valence-electron chi connectivity index (χ3n) is 2.16. The van der Waals surface area contributed by atoms with Gasteiger partial charge >= 0.3 is 0 Å². The molecule has 0 aromatic carbocycles. The minimum absolute atomic E-state index is 0.0955. The number of hydrogen-bond acceptors (Lipinski definition) is 3. The van der Waals surface area contributed by atoms with Gasteiger partial charge in [-0.05, 0) is 12.3 Å². The van der Waals surface area contributed by atoms with Gasteiger partial charge in [-0.25, -0.2) is 4.98 Å². The van der Waals surface area contributed by atoms with Gasteiger partial charge in [-0.2, -0.15) is 0 Å². The average Bonchev–Trinajstić information content (AvgIpc) is 2.62. The van der Waals surface area contributed by atoms with Crippen LogP contribution in [-0.4, -0.2) is 16.9 Å². The van der Waals surface area contributed by atoms with Crippen molar-refractivity contribution in [2.24, 2.45) is 5.92 Å². The smallest absolute Gasteiger partial charge is 0.264 e. The third kappa shape index (κ3) is 1.84. The highest BCUT2D eigenvalue weighted by molar-refractivity contribution is 7.12. The lowest BCUT2D eigenvalue weighted by Crippen LogP contribution is -2.25. The second-order valence-electron chi connectivity index (χ2n) is 3.27. The number of aromatic nitrogens is 1. The number of amides is 1. The summed E-state index contributed by atoms with van der Waals surface area (Å²) in [6.07, 6.45) is 1.07. The zero-order valence-corrected chi connectivity index (χ0v) is 8.65. The predicted octanol–water partition coefficient (Wildman–Crippen LogP) is 1.93. The molecule has 0 aliphatic heterocycles. The average molecular weight is 217 g/mol. The second kappa shape index (κ2) is 3.27. The van der Waals surface area contributed by atoms with E-state index >= 15 is 0 Å². The Hall–Kier alpha value is -0.610. The van der Waals surface area contributed by atoms with E-state index in [1.807, 2.05) is 0 Å². The Balaban J connectivity index is 2.01. The molecule has 1 aromatic rings. The fourth-order valence-electron chi connectivity index (χ4n) is 1.14. The quantitative estimate of drug-likeness (QED) is 0.821. The van der Waals surface area contributed by atoms with Crippen molar-refractivity contribution in [1.82, 2.24) is 10.3 Å². The summed E-state index contributed by atoms with van der Waals surface area (Å²) in [5.74, 6) is 0.512. The van der Waals surface area contributed by atoms with Gasteiger partial charge in [-0.15, -0.1) is 11.3 Å². The fourth-order valence-corrected chi connectivity index (χ4v) is 2.04. The lowest BCUT2D eigenvalue weighted by Gasteiger charge is -2.00. The lowest BCUT2D eigenvalue weighted by atomic mass is 10.4. The van der Waals surface area contributed by atoms with E-state index in [4.69, 9.17) is 11.6 Å². The molecule has 0 spiro atoms. The molecular weight excluding hydrogens is 208 g/mol. The van der Waals surface area contributed by atoms with E-state index < -0.39 is 0 Å². The first-order valence-corrected chi connectivity index (χ1v) is 5.34. The summed E-state index contributed by atoms with van der Waals surface area (Å²) >= 11 is 6.99. The van der Waals surface area contributed by atoms with Crippen LogP contribution in [0, 0.1) is 5.92 Å². The van der Waals surface area contributed by atoms with Crippen molar-refractivity contribution >= 4 is 28.8 Å². The standard InChI is InChI=1S/C8H9ClN2OS/c1-4-2-5(4)11-8(12)6-7(9)10-3-13-6/h3-5H,2H2,1H3,(H,11,12). The van der Waals surface area contributed by atoms with Crippen LogP contribution in [0.4, 0.5) is 0 Å². The molecule has 2 unspecified atom stereocenters. The molecule has 2 atom stereocenters. The maximum atomic E-state index is 11.5. The molecule has 1 N–H and O–H groups in total. The van der Waals surface area contributed by atoms with Crippen molar-refractivity contribution in [3.05, 3.63) is 15.5 Å². The highest BCUT2D eigenvalue weighted by Gasteiger charge is 2.34. The van der Waals surface area contributed by atoms with Crippen LogP contribution >= 0.6 is 22.9 Å². The first-order valence-electron chi connectivity index (χ1n) is 4.08. The van der Waals surface area contributed by atoms with E-state index in [1.165, 1.54) is 11.3 Å². The summed E-state index contributed by atoms with van der Waals surface area (Å²) in [5, 5.41) is 3.20. The topological polar surface area (TPSA) is 42.0 Å². The summed E-state index contributed by atoms with van der Waals surface area (Å²) in [7, 11) is 0. The number of thiazole rings is 1. The van der Waals surface area contributed by atoms with Crippen LogP contribution in [0.15, 0.2) is 5.51 Å². The molecule has 0 saturated heterocycles. The molecule has 1 fully saturated rings. The molecule has 1 saturated carbocycles. The molecule has 70 valence electrons. The largest absolute Gasteiger partial charge is 0.348 e. The maximum Gasteiger partial charge on any atom is 0.264 e. The number of nitrogens with one attached hydrogen (secondary N) is 1. The molecule has 1 aliphatic rings. The Labute approximate surface area is 85.1 Å². The van der Waals surface area contributed by atoms with Crippen molar-refractivity contribution in [3.63, 3.8) is 0 Å². The SMILES string of the molecule is CC1CC1NC(=O)c1scnc1Cl. The van der Waals surface area contributed by atoms with Gasteiger partial charge in [-0.1, -0.05) is 18.5 Å². The number of nitrogens with zero attached hydrogens (tertiary/aromatic N) is 1.